The highest BCUT2D eigenvalue weighted by Crippen LogP contribution is 1.83. The van der Waals surface area contributed by atoms with Crippen LogP contribution >= 0.6 is 0 Å². The molecule has 0 heterocycles. The Morgan fingerprint density at radius 1 is 1.78 bits per heavy atom. The van der Waals surface area contributed by atoms with E-state index in [0.717, 1.165) is 0 Å². The van der Waals surface area contributed by atoms with E-state index in [9.17, 15) is 8.42 Å². The lowest BCUT2D eigenvalue weighted by atomic mass is 10.7. The molecule has 0 spiro atoms. The van der Waals surface area contributed by atoms with Gasteiger partial charge in [0.05, 0.1) is 6.61 Å². The van der Waals surface area contributed by atoms with Crippen molar-refractivity contribution in [1.29, 1.82) is 0 Å². The Morgan fingerprint density at radius 2 is 2.33 bits per heavy atom. The van der Waals surface area contributed by atoms with Crippen molar-refractivity contribution in [2.45, 2.75) is 0 Å². The monoisotopic (exact) mass is 151 g/mol. The Labute approximate surface area is 54.8 Å². The Hall–Kier alpha value is -0.390. The zero-order valence-corrected chi connectivity index (χ0v) is 5.94. The molecule has 0 aliphatic carbocycles. The van der Waals surface area contributed by atoms with E-state index >= 15 is 0 Å². The summed E-state index contributed by atoms with van der Waals surface area (Å²) in [4.78, 5) is 0. The van der Waals surface area contributed by atoms with Gasteiger partial charge in [-0.15, -0.1) is 6.58 Å². The average Bonchev–Trinajstić information content (AvgIpc) is 1.84. The van der Waals surface area contributed by atoms with Crippen molar-refractivity contribution in [3.8, 4) is 0 Å². The summed E-state index contributed by atoms with van der Waals surface area (Å²) in [5.41, 5.74) is 0. The molecule has 0 aliphatic heterocycles. The standard InChI is InChI=1S/C4H9NO3S/c1-3-4-8-9(6,7)5-2/h3,5H,1,4H2,2H3. The van der Waals surface area contributed by atoms with Gasteiger partial charge in [0.2, 0.25) is 0 Å². The minimum absolute atomic E-state index is 0.00315. The fourth-order valence-electron chi connectivity index (χ4n) is 0.197. The Balaban J connectivity index is 3.74. The van der Waals surface area contributed by atoms with Gasteiger partial charge in [0.1, 0.15) is 0 Å². The highest BCUT2D eigenvalue weighted by atomic mass is 32.2. The molecule has 0 rings (SSSR count). The minimum Gasteiger partial charge on any atom is -0.254 e. The lowest BCUT2D eigenvalue weighted by molar-refractivity contribution is 0.351. The van der Waals surface area contributed by atoms with E-state index in [4.69, 9.17) is 0 Å². The van der Waals surface area contributed by atoms with Gasteiger partial charge < -0.3 is 0 Å². The van der Waals surface area contributed by atoms with Gasteiger partial charge in [-0.25, -0.2) is 0 Å². The largest absolute Gasteiger partial charge is 0.335 e. The van der Waals surface area contributed by atoms with Gasteiger partial charge in [-0.3, -0.25) is 4.18 Å². The number of hydrogen-bond acceptors (Lipinski definition) is 3. The third kappa shape index (κ3) is 4.14. The molecule has 0 aromatic heterocycles. The zero-order chi connectivity index (χ0) is 7.33. The molecule has 9 heavy (non-hydrogen) atoms. The molecule has 5 heteroatoms. The first-order chi connectivity index (χ1) is 4.12. The van der Waals surface area contributed by atoms with E-state index in [0.29, 0.717) is 0 Å². The van der Waals surface area contributed by atoms with Crippen LogP contribution in [-0.2, 0) is 14.5 Å². The number of nitrogens with one attached hydrogen (secondary N) is 1. The molecular formula is C4H9NO3S. The lowest BCUT2D eigenvalue weighted by Gasteiger charge is -1.97. The summed E-state index contributed by atoms with van der Waals surface area (Å²) in [6.07, 6.45) is 1.36. The minimum atomic E-state index is -3.50. The highest BCUT2D eigenvalue weighted by molar-refractivity contribution is 7.84. The fourth-order valence-corrected chi connectivity index (χ4v) is 0.590. The molecule has 4 nitrogen and oxygen atoms in total. The van der Waals surface area contributed by atoms with E-state index in [1.807, 2.05) is 4.72 Å². The number of rotatable bonds is 4. The van der Waals surface area contributed by atoms with Gasteiger partial charge >= 0.3 is 10.3 Å². The zero-order valence-electron chi connectivity index (χ0n) is 5.12. The summed E-state index contributed by atoms with van der Waals surface area (Å²) < 4.78 is 27.0. The van der Waals surface area contributed by atoms with Crippen LogP contribution < -0.4 is 4.72 Å². The third-order valence-electron chi connectivity index (χ3n) is 0.591. The van der Waals surface area contributed by atoms with Crippen molar-refractivity contribution in [3.63, 3.8) is 0 Å². The van der Waals surface area contributed by atoms with Crippen LogP contribution in [0.4, 0.5) is 0 Å². The first-order valence-electron chi connectivity index (χ1n) is 2.31. The van der Waals surface area contributed by atoms with Gasteiger partial charge in [0, 0.05) is 7.05 Å². The van der Waals surface area contributed by atoms with Crippen LogP contribution in [0.15, 0.2) is 12.7 Å². The van der Waals surface area contributed by atoms with Gasteiger partial charge in [-0.05, 0) is 0 Å². The summed E-state index contributed by atoms with van der Waals surface area (Å²) in [7, 11) is -2.23. The Morgan fingerprint density at radius 3 is 2.67 bits per heavy atom. The molecule has 0 fully saturated rings. The smallest absolute Gasteiger partial charge is 0.254 e. The maximum atomic E-state index is 10.4. The summed E-state index contributed by atoms with van der Waals surface area (Å²) in [5.74, 6) is 0. The van der Waals surface area contributed by atoms with Crippen molar-refractivity contribution in [2.24, 2.45) is 0 Å². The molecule has 0 saturated heterocycles. The van der Waals surface area contributed by atoms with Crippen LogP contribution in [0, 0.1) is 0 Å². The van der Waals surface area contributed by atoms with E-state index in [1.54, 1.807) is 0 Å². The van der Waals surface area contributed by atoms with E-state index in [1.165, 1.54) is 13.1 Å². The molecule has 0 aromatic carbocycles. The second kappa shape index (κ2) is 3.60. The average molecular weight is 151 g/mol. The molecule has 0 aliphatic rings. The van der Waals surface area contributed by atoms with Gasteiger partial charge in [0.25, 0.3) is 0 Å². The Bertz CT molecular complexity index is 172. The second-order valence-corrected chi connectivity index (χ2v) is 2.78. The fraction of sp³-hybridized carbons (Fsp3) is 0.500. The van der Waals surface area contributed by atoms with Crippen LogP contribution in [0.1, 0.15) is 0 Å². The lowest BCUT2D eigenvalue weighted by Crippen LogP contribution is -2.21. The summed E-state index contributed by atoms with van der Waals surface area (Å²) >= 11 is 0. The molecule has 54 valence electrons. The number of hydrogen-bond donors (Lipinski definition) is 1. The summed E-state index contributed by atoms with van der Waals surface area (Å²) in [6.45, 7) is 3.28. The van der Waals surface area contributed by atoms with E-state index < -0.39 is 10.3 Å². The normalized spacial score (nSPS) is 11.2. The topological polar surface area (TPSA) is 55.4 Å². The van der Waals surface area contributed by atoms with Crippen molar-refractivity contribution < 1.29 is 12.6 Å². The van der Waals surface area contributed by atoms with E-state index in [2.05, 4.69) is 10.8 Å². The molecule has 0 amide bonds. The van der Waals surface area contributed by atoms with Crippen molar-refractivity contribution in [3.05, 3.63) is 12.7 Å². The molecule has 0 aromatic rings. The van der Waals surface area contributed by atoms with Crippen LogP contribution in [0.3, 0.4) is 0 Å². The summed E-state index contributed by atoms with van der Waals surface area (Å²) in [6, 6.07) is 0. The molecular weight excluding hydrogens is 142 g/mol. The second-order valence-electron chi connectivity index (χ2n) is 1.23. The van der Waals surface area contributed by atoms with Crippen LogP contribution in [-0.4, -0.2) is 22.1 Å². The molecule has 1 N–H and O–H groups in total. The predicted octanol–water partition coefficient (Wildman–Crippen LogP) is -0.347. The van der Waals surface area contributed by atoms with Crippen LogP contribution in [0.25, 0.3) is 0 Å². The van der Waals surface area contributed by atoms with Crippen LogP contribution in [0.5, 0.6) is 0 Å². The molecule has 0 bridgehead atoms. The maximum absolute atomic E-state index is 10.4. The molecule has 0 radical (unpaired) electrons. The Kier molecular flexibility index (Phi) is 3.44. The highest BCUT2D eigenvalue weighted by Gasteiger charge is 2.02. The maximum Gasteiger partial charge on any atom is 0.335 e. The predicted molar refractivity (Wildman–Crippen MR) is 34.1 cm³/mol. The van der Waals surface area contributed by atoms with Crippen molar-refractivity contribution in [2.75, 3.05) is 13.7 Å². The first-order valence-corrected chi connectivity index (χ1v) is 3.72. The van der Waals surface area contributed by atoms with Gasteiger partial charge in [-0.2, -0.15) is 13.1 Å². The summed E-state index contributed by atoms with van der Waals surface area (Å²) in [5, 5.41) is 0. The van der Waals surface area contributed by atoms with Gasteiger partial charge in [-0.1, -0.05) is 6.08 Å². The first kappa shape index (κ1) is 8.61. The van der Waals surface area contributed by atoms with Crippen molar-refractivity contribution in [1.82, 2.24) is 4.72 Å². The van der Waals surface area contributed by atoms with E-state index in [-0.39, 0.29) is 6.61 Å². The molecule has 0 saturated carbocycles. The molecule has 0 atom stereocenters. The van der Waals surface area contributed by atoms with Crippen molar-refractivity contribution >= 4 is 10.3 Å². The third-order valence-corrected chi connectivity index (χ3v) is 1.54. The SMILES string of the molecule is C=CCOS(=O)(=O)NC. The van der Waals surface area contributed by atoms with Gasteiger partial charge in [0.15, 0.2) is 0 Å². The molecule has 0 unspecified atom stereocenters. The van der Waals surface area contributed by atoms with Crippen LogP contribution in [0.2, 0.25) is 0 Å². The quantitative estimate of drug-likeness (QED) is 0.559.